The topological polar surface area (TPSA) is 64.9 Å². The first-order valence-electron chi connectivity index (χ1n) is 7.01. The molecule has 0 saturated heterocycles. The van der Waals surface area contributed by atoms with Gasteiger partial charge < -0.3 is 10.3 Å². The van der Waals surface area contributed by atoms with E-state index in [4.69, 9.17) is 10.3 Å². The summed E-state index contributed by atoms with van der Waals surface area (Å²) in [5.74, 6) is 1.28. The summed E-state index contributed by atoms with van der Waals surface area (Å²) in [5.41, 5.74) is 8.89. The first kappa shape index (κ1) is 13.5. The summed E-state index contributed by atoms with van der Waals surface area (Å²) in [4.78, 5) is 4.45. The minimum absolute atomic E-state index is 0.503. The highest BCUT2D eigenvalue weighted by molar-refractivity contribution is 5.54. The summed E-state index contributed by atoms with van der Waals surface area (Å²) in [5, 5.41) is 4.05. The lowest BCUT2D eigenvalue weighted by Gasteiger charge is -1.98. The van der Waals surface area contributed by atoms with Crippen LogP contribution in [0.25, 0.3) is 11.5 Å². The maximum atomic E-state index is 5.65. The Morgan fingerprint density at radius 1 is 0.905 bits per heavy atom. The monoisotopic (exact) mass is 279 g/mol. The molecule has 2 aromatic carbocycles. The second-order valence-electron chi connectivity index (χ2n) is 4.91. The van der Waals surface area contributed by atoms with Crippen LogP contribution in [0, 0.1) is 0 Å². The number of rotatable bonds is 5. The van der Waals surface area contributed by atoms with Crippen molar-refractivity contribution in [3.8, 4) is 11.5 Å². The maximum Gasteiger partial charge on any atom is 0.257 e. The summed E-state index contributed by atoms with van der Waals surface area (Å²) in [7, 11) is 0. The van der Waals surface area contributed by atoms with Gasteiger partial charge in [-0.3, -0.25) is 0 Å². The summed E-state index contributed by atoms with van der Waals surface area (Å²) in [6.45, 7) is 0.503. The van der Waals surface area contributed by atoms with Crippen molar-refractivity contribution in [2.45, 2.75) is 19.4 Å². The van der Waals surface area contributed by atoms with E-state index in [-0.39, 0.29) is 0 Å². The number of hydrogen-bond acceptors (Lipinski definition) is 4. The summed E-state index contributed by atoms with van der Waals surface area (Å²) >= 11 is 0. The van der Waals surface area contributed by atoms with Crippen molar-refractivity contribution in [2.24, 2.45) is 5.73 Å². The highest BCUT2D eigenvalue weighted by Crippen LogP contribution is 2.18. The summed E-state index contributed by atoms with van der Waals surface area (Å²) < 4.78 is 5.34. The largest absolute Gasteiger partial charge is 0.334 e. The Morgan fingerprint density at radius 3 is 2.52 bits per heavy atom. The number of benzene rings is 2. The Balaban J connectivity index is 1.71. The normalized spacial score (nSPS) is 10.7. The van der Waals surface area contributed by atoms with E-state index in [1.165, 1.54) is 5.56 Å². The van der Waals surface area contributed by atoms with Crippen LogP contribution in [0.3, 0.4) is 0 Å². The SMILES string of the molecule is NCc1cccc(-c2nc(CCc3ccccc3)no2)c1. The van der Waals surface area contributed by atoms with Crippen LogP contribution in [0.4, 0.5) is 0 Å². The van der Waals surface area contributed by atoms with E-state index in [1.807, 2.05) is 42.5 Å². The van der Waals surface area contributed by atoms with Gasteiger partial charge in [0.05, 0.1) is 0 Å². The van der Waals surface area contributed by atoms with Crippen molar-refractivity contribution in [1.82, 2.24) is 10.1 Å². The van der Waals surface area contributed by atoms with Crippen LogP contribution in [0.1, 0.15) is 17.0 Å². The minimum atomic E-state index is 0.503. The van der Waals surface area contributed by atoms with Crippen molar-refractivity contribution >= 4 is 0 Å². The molecule has 0 amide bonds. The average Bonchev–Trinajstić information content (AvgIpc) is 3.03. The van der Waals surface area contributed by atoms with Crippen molar-refractivity contribution < 1.29 is 4.52 Å². The van der Waals surface area contributed by atoms with E-state index < -0.39 is 0 Å². The molecule has 0 aliphatic carbocycles. The highest BCUT2D eigenvalue weighted by atomic mass is 16.5. The molecule has 0 atom stereocenters. The molecule has 21 heavy (non-hydrogen) atoms. The molecule has 0 aliphatic rings. The van der Waals surface area contributed by atoms with E-state index in [9.17, 15) is 0 Å². The van der Waals surface area contributed by atoms with Gasteiger partial charge in [0.2, 0.25) is 0 Å². The molecular formula is C17H17N3O. The fourth-order valence-electron chi connectivity index (χ4n) is 2.20. The highest BCUT2D eigenvalue weighted by Gasteiger charge is 2.09. The van der Waals surface area contributed by atoms with E-state index in [0.717, 1.165) is 29.8 Å². The zero-order chi connectivity index (χ0) is 14.5. The van der Waals surface area contributed by atoms with E-state index >= 15 is 0 Å². The van der Waals surface area contributed by atoms with Gasteiger partial charge in [-0.15, -0.1) is 0 Å². The lowest BCUT2D eigenvalue weighted by atomic mass is 10.1. The summed E-state index contributed by atoms with van der Waals surface area (Å²) in [6.07, 6.45) is 1.67. The lowest BCUT2D eigenvalue weighted by molar-refractivity contribution is 0.422. The van der Waals surface area contributed by atoms with Crippen LogP contribution in [0.15, 0.2) is 59.1 Å². The predicted octanol–water partition coefficient (Wildman–Crippen LogP) is 2.98. The van der Waals surface area contributed by atoms with E-state index in [2.05, 4.69) is 22.3 Å². The van der Waals surface area contributed by atoms with Crippen LogP contribution in [-0.2, 0) is 19.4 Å². The Kier molecular flexibility index (Phi) is 4.07. The van der Waals surface area contributed by atoms with Gasteiger partial charge in [0.15, 0.2) is 5.82 Å². The molecule has 1 heterocycles. The van der Waals surface area contributed by atoms with Crippen LogP contribution >= 0.6 is 0 Å². The molecular weight excluding hydrogens is 262 g/mol. The molecule has 4 nitrogen and oxygen atoms in total. The molecule has 0 radical (unpaired) electrons. The number of aromatic nitrogens is 2. The average molecular weight is 279 g/mol. The smallest absolute Gasteiger partial charge is 0.257 e. The Bertz CT molecular complexity index is 707. The Hall–Kier alpha value is -2.46. The maximum absolute atomic E-state index is 5.65. The molecule has 2 N–H and O–H groups in total. The molecule has 0 unspecified atom stereocenters. The fourth-order valence-corrected chi connectivity index (χ4v) is 2.20. The zero-order valence-corrected chi connectivity index (χ0v) is 11.7. The number of nitrogens with two attached hydrogens (primary N) is 1. The molecule has 0 aliphatic heterocycles. The van der Waals surface area contributed by atoms with Crippen molar-refractivity contribution in [3.05, 3.63) is 71.5 Å². The molecule has 106 valence electrons. The molecule has 4 heteroatoms. The number of nitrogens with zero attached hydrogens (tertiary/aromatic N) is 2. The van der Waals surface area contributed by atoms with Gasteiger partial charge in [0, 0.05) is 18.5 Å². The molecule has 0 fully saturated rings. The van der Waals surface area contributed by atoms with Gasteiger partial charge in [0.1, 0.15) is 0 Å². The van der Waals surface area contributed by atoms with Gasteiger partial charge in [-0.05, 0) is 29.7 Å². The van der Waals surface area contributed by atoms with Crippen molar-refractivity contribution in [1.29, 1.82) is 0 Å². The third-order valence-corrected chi connectivity index (χ3v) is 3.36. The van der Waals surface area contributed by atoms with Gasteiger partial charge in [-0.1, -0.05) is 47.6 Å². The van der Waals surface area contributed by atoms with Crippen LogP contribution < -0.4 is 5.73 Å². The van der Waals surface area contributed by atoms with Crippen LogP contribution in [0.2, 0.25) is 0 Å². The molecule has 0 bridgehead atoms. The minimum Gasteiger partial charge on any atom is -0.334 e. The number of aryl methyl sites for hydroxylation is 2. The first-order valence-corrected chi connectivity index (χ1v) is 7.01. The summed E-state index contributed by atoms with van der Waals surface area (Å²) in [6, 6.07) is 18.2. The third-order valence-electron chi connectivity index (χ3n) is 3.36. The first-order chi connectivity index (χ1) is 10.3. The van der Waals surface area contributed by atoms with E-state index in [1.54, 1.807) is 0 Å². The fraction of sp³-hybridized carbons (Fsp3) is 0.176. The number of hydrogen-bond donors (Lipinski definition) is 1. The van der Waals surface area contributed by atoms with Crippen LogP contribution in [-0.4, -0.2) is 10.1 Å². The zero-order valence-electron chi connectivity index (χ0n) is 11.7. The lowest BCUT2D eigenvalue weighted by Crippen LogP contribution is -1.96. The predicted molar refractivity (Wildman–Crippen MR) is 81.5 cm³/mol. The second-order valence-corrected chi connectivity index (χ2v) is 4.91. The van der Waals surface area contributed by atoms with Gasteiger partial charge in [0.25, 0.3) is 5.89 Å². The van der Waals surface area contributed by atoms with Crippen LogP contribution in [0.5, 0.6) is 0 Å². The van der Waals surface area contributed by atoms with Crippen molar-refractivity contribution in [3.63, 3.8) is 0 Å². The molecule has 1 aromatic heterocycles. The molecule has 3 rings (SSSR count). The van der Waals surface area contributed by atoms with Gasteiger partial charge in [-0.25, -0.2) is 0 Å². The third kappa shape index (κ3) is 3.35. The quantitative estimate of drug-likeness (QED) is 0.779. The Morgan fingerprint density at radius 2 is 1.71 bits per heavy atom. The molecule has 3 aromatic rings. The Labute approximate surface area is 123 Å². The standard InChI is InChI=1S/C17H17N3O/c18-12-14-7-4-8-15(11-14)17-19-16(20-21-17)10-9-13-5-2-1-3-6-13/h1-8,11H,9-10,12,18H2. The molecule has 0 saturated carbocycles. The van der Waals surface area contributed by atoms with Crippen molar-refractivity contribution in [2.75, 3.05) is 0 Å². The van der Waals surface area contributed by atoms with Gasteiger partial charge >= 0.3 is 0 Å². The second kappa shape index (κ2) is 6.33. The molecule has 0 spiro atoms. The van der Waals surface area contributed by atoms with Gasteiger partial charge in [-0.2, -0.15) is 4.98 Å². The van der Waals surface area contributed by atoms with E-state index in [0.29, 0.717) is 12.4 Å².